The predicted molar refractivity (Wildman–Crippen MR) is 105 cm³/mol. The van der Waals surface area contributed by atoms with Gasteiger partial charge in [-0.1, -0.05) is 66.8 Å². The fraction of sp³-hybridized carbons (Fsp3) is 0.364. The predicted octanol–water partition coefficient (Wildman–Crippen LogP) is 6.59. The lowest BCUT2D eigenvalue weighted by Gasteiger charge is -2.06. The highest BCUT2D eigenvalue weighted by atomic mass is 79.9. The number of ether oxygens (including phenoxy) is 1. The van der Waals surface area contributed by atoms with Gasteiger partial charge in [-0.3, -0.25) is 0 Å². The van der Waals surface area contributed by atoms with Crippen LogP contribution in [0.25, 0.3) is 0 Å². The standard InChI is InChI=1S/C22H25BrO/c1-2-3-4-5-6-7-18-24-22-16-12-20(13-17-22)9-8-19-10-14-21(23)15-11-19/h10-17H,2-7,18H2,1H3. The van der Waals surface area contributed by atoms with Gasteiger partial charge in [0.1, 0.15) is 5.75 Å². The highest BCUT2D eigenvalue weighted by Crippen LogP contribution is 2.14. The van der Waals surface area contributed by atoms with Crippen molar-refractivity contribution in [3.05, 3.63) is 64.1 Å². The van der Waals surface area contributed by atoms with Crippen molar-refractivity contribution >= 4 is 15.9 Å². The fourth-order valence-corrected chi connectivity index (χ4v) is 2.65. The molecule has 0 heterocycles. The fourth-order valence-electron chi connectivity index (χ4n) is 2.38. The van der Waals surface area contributed by atoms with Gasteiger partial charge in [-0.15, -0.1) is 0 Å². The zero-order valence-corrected chi connectivity index (χ0v) is 15.9. The first-order valence-corrected chi connectivity index (χ1v) is 9.57. The van der Waals surface area contributed by atoms with Crippen molar-refractivity contribution in [1.29, 1.82) is 0 Å². The summed E-state index contributed by atoms with van der Waals surface area (Å²) < 4.78 is 6.86. The molecule has 0 amide bonds. The lowest BCUT2D eigenvalue weighted by molar-refractivity contribution is 0.304. The maximum atomic E-state index is 5.79. The number of benzene rings is 2. The van der Waals surface area contributed by atoms with Gasteiger partial charge in [-0.05, 0) is 55.0 Å². The van der Waals surface area contributed by atoms with Crippen LogP contribution >= 0.6 is 15.9 Å². The average molecular weight is 385 g/mol. The summed E-state index contributed by atoms with van der Waals surface area (Å²) in [6.45, 7) is 3.05. The van der Waals surface area contributed by atoms with Gasteiger partial charge in [-0.25, -0.2) is 0 Å². The third-order valence-corrected chi connectivity index (χ3v) is 4.34. The Hall–Kier alpha value is -1.72. The van der Waals surface area contributed by atoms with E-state index in [0.717, 1.165) is 34.4 Å². The SMILES string of the molecule is CCCCCCCCOc1ccc(C#Cc2ccc(Br)cc2)cc1. The number of halogens is 1. The van der Waals surface area contributed by atoms with Crippen LogP contribution in [0.1, 0.15) is 56.6 Å². The first-order valence-electron chi connectivity index (χ1n) is 8.78. The Bertz CT molecular complexity index is 647. The Morgan fingerprint density at radius 2 is 1.29 bits per heavy atom. The van der Waals surface area contributed by atoms with Crippen LogP contribution in [0.15, 0.2) is 53.0 Å². The molecular formula is C22H25BrO. The molecule has 0 atom stereocenters. The lowest BCUT2D eigenvalue weighted by Crippen LogP contribution is -1.97. The highest BCUT2D eigenvalue weighted by Gasteiger charge is 1.95. The van der Waals surface area contributed by atoms with Gasteiger partial charge in [-0.2, -0.15) is 0 Å². The number of unbranched alkanes of at least 4 members (excludes halogenated alkanes) is 5. The van der Waals surface area contributed by atoms with Gasteiger partial charge < -0.3 is 4.74 Å². The van der Waals surface area contributed by atoms with Crippen molar-refractivity contribution in [3.63, 3.8) is 0 Å². The molecule has 0 radical (unpaired) electrons. The Morgan fingerprint density at radius 1 is 0.750 bits per heavy atom. The number of rotatable bonds is 8. The van der Waals surface area contributed by atoms with Crippen LogP contribution < -0.4 is 4.74 Å². The van der Waals surface area contributed by atoms with E-state index in [2.05, 4.69) is 34.7 Å². The largest absolute Gasteiger partial charge is 0.494 e. The van der Waals surface area contributed by atoms with E-state index in [9.17, 15) is 0 Å². The van der Waals surface area contributed by atoms with Crippen LogP contribution in [0.2, 0.25) is 0 Å². The molecule has 0 unspecified atom stereocenters. The van der Waals surface area contributed by atoms with Crippen molar-refractivity contribution in [3.8, 4) is 17.6 Å². The van der Waals surface area contributed by atoms with Crippen molar-refractivity contribution in [2.45, 2.75) is 45.4 Å². The van der Waals surface area contributed by atoms with Crippen LogP contribution in [0.4, 0.5) is 0 Å². The van der Waals surface area contributed by atoms with Crippen LogP contribution in [-0.4, -0.2) is 6.61 Å². The molecule has 0 fully saturated rings. The molecule has 0 bridgehead atoms. The van der Waals surface area contributed by atoms with E-state index in [-0.39, 0.29) is 0 Å². The summed E-state index contributed by atoms with van der Waals surface area (Å²) >= 11 is 3.43. The molecule has 2 rings (SSSR count). The van der Waals surface area contributed by atoms with Crippen LogP contribution in [-0.2, 0) is 0 Å². The van der Waals surface area contributed by atoms with Gasteiger partial charge in [0.25, 0.3) is 0 Å². The molecule has 0 aromatic heterocycles. The molecule has 0 aliphatic rings. The van der Waals surface area contributed by atoms with E-state index in [1.807, 2.05) is 48.5 Å². The van der Waals surface area contributed by atoms with E-state index in [1.54, 1.807) is 0 Å². The molecule has 2 aromatic carbocycles. The van der Waals surface area contributed by atoms with Gasteiger partial charge in [0.15, 0.2) is 0 Å². The molecule has 126 valence electrons. The summed E-state index contributed by atoms with van der Waals surface area (Å²) in [5.41, 5.74) is 2.02. The second-order valence-corrected chi connectivity index (χ2v) is 6.81. The molecule has 1 nitrogen and oxygen atoms in total. The molecule has 0 aliphatic heterocycles. The molecule has 0 spiro atoms. The summed E-state index contributed by atoms with van der Waals surface area (Å²) in [5, 5.41) is 0. The molecule has 0 saturated heterocycles. The van der Waals surface area contributed by atoms with Crippen molar-refractivity contribution in [2.24, 2.45) is 0 Å². The topological polar surface area (TPSA) is 9.23 Å². The second kappa shape index (κ2) is 10.9. The normalized spacial score (nSPS) is 10.1. The lowest BCUT2D eigenvalue weighted by atomic mass is 10.1. The monoisotopic (exact) mass is 384 g/mol. The minimum atomic E-state index is 0.802. The molecule has 0 saturated carbocycles. The Labute approximate surface area is 154 Å². The number of hydrogen-bond acceptors (Lipinski definition) is 1. The van der Waals surface area contributed by atoms with Gasteiger partial charge in [0.2, 0.25) is 0 Å². The zero-order chi connectivity index (χ0) is 17.0. The van der Waals surface area contributed by atoms with E-state index in [4.69, 9.17) is 4.74 Å². The number of hydrogen-bond donors (Lipinski definition) is 0. The second-order valence-electron chi connectivity index (χ2n) is 5.90. The van der Waals surface area contributed by atoms with Crippen LogP contribution in [0, 0.1) is 11.8 Å². The summed E-state index contributed by atoms with van der Waals surface area (Å²) in [5.74, 6) is 7.28. The Kier molecular flexibility index (Phi) is 8.49. The Morgan fingerprint density at radius 3 is 1.92 bits per heavy atom. The molecule has 0 N–H and O–H groups in total. The van der Waals surface area contributed by atoms with Gasteiger partial charge in [0.05, 0.1) is 6.61 Å². The quantitative estimate of drug-likeness (QED) is 0.368. The van der Waals surface area contributed by atoms with Crippen molar-refractivity contribution in [1.82, 2.24) is 0 Å². The zero-order valence-electron chi connectivity index (χ0n) is 14.4. The maximum Gasteiger partial charge on any atom is 0.119 e. The summed E-state index contributed by atoms with van der Waals surface area (Å²) in [6.07, 6.45) is 7.72. The molecule has 2 heteroatoms. The summed E-state index contributed by atoms with van der Waals surface area (Å²) in [7, 11) is 0. The van der Waals surface area contributed by atoms with E-state index >= 15 is 0 Å². The third kappa shape index (κ3) is 7.23. The first kappa shape index (κ1) is 18.6. The third-order valence-electron chi connectivity index (χ3n) is 3.82. The maximum absolute atomic E-state index is 5.79. The minimum Gasteiger partial charge on any atom is -0.494 e. The average Bonchev–Trinajstić information content (AvgIpc) is 2.61. The van der Waals surface area contributed by atoms with E-state index < -0.39 is 0 Å². The summed E-state index contributed by atoms with van der Waals surface area (Å²) in [4.78, 5) is 0. The van der Waals surface area contributed by atoms with Crippen molar-refractivity contribution in [2.75, 3.05) is 6.61 Å². The highest BCUT2D eigenvalue weighted by molar-refractivity contribution is 9.10. The minimum absolute atomic E-state index is 0.802. The first-order chi connectivity index (χ1) is 11.8. The summed E-state index contributed by atoms with van der Waals surface area (Å²) in [6, 6.07) is 16.1. The van der Waals surface area contributed by atoms with Gasteiger partial charge in [0, 0.05) is 15.6 Å². The molecule has 24 heavy (non-hydrogen) atoms. The Balaban J connectivity index is 1.74. The van der Waals surface area contributed by atoms with Crippen molar-refractivity contribution < 1.29 is 4.74 Å². The van der Waals surface area contributed by atoms with E-state index in [0.29, 0.717) is 0 Å². The molecule has 0 aliphatic carbocycles. The smallest absolute Gasteiger partial charge is 0.119 e. The van der Waals surface area contributed by atoms with Gasteiger partial charge >= 0.3 is 0 Å². The van der Waals surface area contributed by atoms with Crippen LogP contribution in [0.3, 0.4) is 0 Å². The molecular weight excluding hydrogens is 360 g/mol. The molecule has 2 aromatic rings. The van der Waals surface area contributed by atoms with Crippen LogP contribution in [0.5, 0.6) is 5.75 Å². The van der Waals surface area contributed by atoms with E-state index in [1.165, 1.54) is 32.1 Å².